The number of nitrogens with one attached hydrogen (secondary N) is 1. The average molecular weight is 628 g/mol. The fourth-order valence-corrected chi connectivity index (χ4v) is 5.72. The van der Waals surface area contributed by atoms with Gasteiger partial charge in [-0.1, -0.05) is 97.4 Å². The maximum absolute atomic E-state index is 14.2. The summed E-state index contributed by atoms with van der Waals surface area (Å²) in [6, 6.07) is 32.7. The van der Waals surface area contributed by atoms with Gasteiger partial charge >= 0.3 is 0 Å². The third-order valence-electron chi connectivity index (χ3n) is 7.35. The Hall–Kier alpha value is -4.63. The Kier molecular flexibility index (Phi) is 11.8. The molecular weight excluding hydrogens is 586 g/mol. The van der Waals surface area contributed by atoms with Crippen LogP contribution in [0.1, 0.15) is 35.6 Å². The topological polar surface area (TPSA) is 96.0 Å². The molecule has 1 atom stereocenters. The van der Waals surface area contributed by atoms with Crippen LogP contribution in [-0.2, 0) is 39.2 Å². The SMILES string of the molecule is CCCNC(=O)[C@H](Cc1ccccc1)N(Cc1ccc(C)cc1)C(=O)CN(c1ccc(OCc2ccccc2)cc1)S(C)(=O)=O. The van der Waals surface area contributed by atoms with Crippen LogP contribution in [0, 0.1) is 6.92 Å². The predicted molar refractivity (Wildman–Crippen MR) is 178 cm³/mol. The van der Waals surface area contributed by atoms with E-state index < -0.39 is 28.5 Å². The molecule has 0 spiro atoms. The van der Waals surface area contributed by atoms with Gasteiger partial charge in [0.25, 0.3) is 0 Å². The number of sulfonamides is 1. The molecule has 0 aliphatic rings. The van der Waals surface area contributed by atoms with Crippen LogP contribution in [-0.4, -0.2) is 50.5 Å². The molecule has 0 unspecified atom stereocenters. The van der Waals surface area contributed by atoms with Gasteiger partial charge in [0.2, 0.25) is 21.8 Å². The lowest BCUT2D eigenvalue weighted by atomic mass is 10.0. The summed E-state index contributed by atoms with van der Waals surface area (Å²) >= 11 is 0. The average Bonchev–Trinajstić information content (AvgIpc) is 3.04. The van der Waals surface area contributed by atoms with Crippen LogP contribution in [0.5, 0.6) is 5.75 Å². The number of amides is 2. The minimum Gasteiger partial charge on any atom is -0.489 e. The van der Waals surface area contributed by atoms with Gasteiger partial charge in [-0.25, -0.2) is 8.42 Å². The summed E-state index contributed by atoms with van der Waals surface area (Å²) in [5.41, 5.74) is 4.12. The second-order valence-electron chi connectivity index (χ2n) is 11.0. The van der Waals surface area contributed by atoms with E-state index in [-0.39, 0.29) is 18.9 Å². The molecule has 236 valence electrons. The minimum atomic E-state index is -3.87. The lowest BCUT2D eigenvalue weighted by Crippen LogP contribution is -2.53. The van der Waals surface area contributed by atoms with Crippen molar-refractivity contribution >= 4 is 27.5 Å². The number of carbonyl (C=O) groups excluding carboxylic acids is 2. The smallest absolute Gasteiger partial charge is 0.244 e. The van der Waals surface area contributed by atoms with Crippen molar-refractivity contribution < 1.29 is 22.7 Å². The van der Waals surface area contributed by atoms with Crippen molar-refractivity contribution in [2.45, 2.75) is 45.9 Å². The highest BCUT2D eigenvalue weighted by atomic mass is 32.2. The molecule has 0 saturated heterocycles. The molecule has 45 heavy (non-hydrogen) atoms. The third-order valence-corrected chi connectivity index (χ3v) is 8.49. The molecule has 1 N–H and O–H groups in total. The monoisotopic (exact) mass is 627 g/mol. The number of carbonyl (C=O) groups is 2. The van der Waals surface area contributed by atoms with E-state index in [1.54, 1.807) is 24.3 Å². The van der Waals surface area contributed by atoms with Crippen molar-refractivity contribution in [2.24, 2.45) is 0 Å². The summed E-state index contributed by atoms with van der Waals surface area (Å²) in [6.07, 6.45) is 2.09. The number of aryl methyl sites for hydroxylation is 1. The molecule has 0 radical (unpaired) electrons. The van der Waals surface area contributed by atoms with Gasteiger partial charge in [0, 0.05) is 19.5 Å². The quantitative estimate of drug-likeness (QED) is 0.188. The Morgan fingerprint density at radius 1 is 0.800 bits per heavy atom. The first-order chi connectivity index (χ1) is 21.6. The predicted octanol–water partition coefficient (Wildman–Crippen LogP) is 5.51. The first-order valence-corrected chi connectivity index (χ1v) is 16.9. The highest BCUT2D eigenvalue weighted by Gasteiger charge is 2.33. The number of nitrogens with zero attached hydrogens (tertiary/aromatic N) is 2. The first kappa shape index (κ1) is 33.3. The number of ether oxygens (including phenoxy) is 1. The largest absolute Gasteiger partial charge is 0.489 e. The summed E-state index contributed by atoms with van der Waals surface area (Å²) < 4.78 is 33.1. The number of benzene rings is 4. The summed E-state index contributed by atoms with van der Waals surface area (Å²) in [5.74, 6) is -0.205. The molecule has 0 aliphatic carbocycles. The van der Waals surface area contributed by atoms with Crippen molar-refractivity contribution in [1.29, 1.82) is 0 Å². The molecule has 2 amide bonds. The number of hydrogen-bond acceptors (Lipinski definition) is 5. The van der Waals surface area contributed by atoms with Gasteiger partial charge in [-0.2, -0.15) is 0 Å². The number of hydrogen-bond donors (Lipinski definition) is 1. The van der Waals surface area contributed by atoms with E-state index in [4.69, 9.17) is 4.74 Å². The maximum Gasteiger partial charge on any atom is 0.244 e. The zero-order chi connectivity index (χ0) is 32.2. The number of rotatable bonds is 15. The molecule has 9 heteroatoms. The van der Waals surface area contributed by atoms with Gasteiger partial charge < -0.3 is 15.0 Å². The van der Waals surface area contributed by atoms with Crippen LogP contribution >= 0.6 is 0 Å². The Bertz CT molecular complexity index is 1630. The lowest BCUT2D eigenvalue weighted by Gasteiger charge is -2.33. The Labute approximate surface area is 266 Å². The van der Waals surface area contributed by atoms with E-state index in [0.717, 1.165) is 39.2 Å². The van der Waals surface area contributed by atoms with Crippen molar-refractivity contribution in [1.82, 2.24) is 10.2 Å². The molecule has 0 aromatic heterocycles. The molecule has 0 bridgehead atoms. The van der Waals surface area contributed by atoms with Crippen LogP contribution in [0.25, 0.3) is 0 Å². The van der Waals surface area contributed by atoms with Gasteiger partial charge in [-0.3, -0.25) is 13.9 Å². The second-order valence-corrected chi connectivity index (χ2v) is 12.9. The normalized spacial score (nSPS) is 11.8. The summed E-state index contributed by atoms with van der Waals surface area (Å²) in [7, 11) is -3.87. The van der Waals surface area contributed by atoms with Gasteiger partial charge in [-0.15, -0.1) is 0 Å². The molecule has 4 rings (SSSR count). The molecule has 0 aliphatic heterocycles. The number of anilines is 1. The fourth-order valence-electron chi connectivity index (χ4n) is 4.87. The lowest BCUT2D eigenvalue weighted by molar-refractivity contribution is -0.140. The van der Waals surface area contributed by atoms with Crippen molar-refractivity contribution in [2.75, 3.05) is 23.7 Å². The first-order valence-electron chi connectivity index (χ1n) is 15.0. The van der Waals surface area contributed by atoms with Crippen molar-refractivity contribution in [3.05, 3.63) is 131 Å². The Balaban J connectivity index is 1.63. The van der Waals surface area contributed by atoms with Crippen molar-refractivity contribution in [3.8, 4) is 5.75 Å². The van der Waals surface area contributed by atoms with E-state index in [0.29, 0.717) is 24.6 Å². The highest BCUT2D eigenvalue weighted by molar-refractivity contribution is 7.92. The van der Waals surface area contributed by atoms with Gasteiger partial charge in [-0.05, 0) is 54.3 Å². The van der Waals surface area contributed by atoms with Gasteiger partial charge in [0.15, 0.2) is 0 Å². The zero-order valence-electron chi connectivity index (χ0n) is 26.1. The maximum atomic E-state index is 14.2. The molecule has 0 heterocycles. The van der Waals surface area contributed by atoms with E-state index in [1.165, 1.54) is 4.90 Å². The Morgan fingerprint density at radius 3 is 1.98 bits per heavy atom. The zero-order valence-corrected chi connectivity index (χ0v) is 26.9. The van der Waals surface area contributed by atoms with Gasteiger partial charge in [0.05, 0.1) is 11.9 Å². The summed E-state index contributed by atoms with van der Waals surface area (Å²) in [5, 5.41) is 2.95. The molecule has 4 aromatic carbocycles. The van der Waals surface area contributed by atoms with Crippen molar-refractivity contribution in [3.63, 3.8) is 0 Å². The molecule has 0 saturated carbocycles. The van der Waals surface area contributed by atoms with Crippen LogP contribution in [0.3, 0.4) is 0 Å². The van der Waals surface area contributed by atoms with Gasteiger partial charge in [0.1, 0.15) is 24.9 Å². The Morgan fingerprint density at radius 2 is 1.40 bits per heavy atom. The van der Waals surface area contributed by atoms with Crippen LogP contribution in [0.4, 0.5) is 5.69 Å². The van der Waals surface area contributed by atoms with E-state index in [9.17, 15) is 18.0 Å². The summed E-state index contributed by atoms with van der Waals surface area (Å²) in [4.78, 5) is 29.3. The van der Waals surface area contributed by atoms with E-state index in [1.807, 2.05) is 98.8 Å². The molecule has 8 nitrogen and oxygen atoms in total. The molecule has 4 aromatic rings. The second kappa shape index (κ2) is 15.9. The van der Waals surface area contributed by atoms with E-state index >= 15 is 0 Å². The molecular formula is C36H41N3O5S. The minimum absolute atomic E-state index is 0.139. The standard InChI is InChI=1S/C36H41N3O5S/c1-4-23-37-36(41)34(24-29-11-7-5-8-12-29)38(25-30-17-15-28(2)16-18-30)35(40)26-39(45(3,42)43)32-19-21-33(22-20-32)44-27-31-13-9-6-10-14-31/h5-22,34H,4,23-27H2,1-3H3,(H,37,41)/t34-/m0/s1. The summed E-state index contributed by atoms with van der Waals surface area (Å²) in [6.45, 7) is 4.44. The van der Waals surface area contributed by atoms with Crippen LogP contribution < -0.4 is 14.4 Å². The molecule has 0 fully saturated rings. The van der Waals surface area contributed by atoms with E-state index in [2.05, 4.69) is 5.32 Å². The van der Waals surface area contributed by atoms with Crippen LogP contribution in [0.2, 0.25) is 0 Å². The third kappa shape index (κ3) is 9.94. The van der Waals surface area contributed by atoms with Crippen LogP contribution in [0.15, 0.2) is 109 Å². The highest BCUT2D eigenvalue weighted by Crippen LogP contribution is 2.24. The fraction of sp³-hybridized carbons (Fsp3) is 0.278.